The molecule has 3 N–H and O–H groups in total. The SMILES string of the molecule is NCCOc1ccccc1NS(=O)(=O)C1CCCC1. The van der Waals surface area contributed by atoms with Crippen molar-refractivity contribution in [3.63, 3.8) is 0 Å². The van der Waals surface area contributed by atoms with Gasteiger partial charge in [0.05, 0.1) is 10.9 Å². The molecule has 0 saturated heterocycles. The first-order valence-electron chi connectivity index (χ1n) is 6.57. The summed E-state index contributed by atoms with van der Waals surface area (Å²) >= 11 is 0. The zero-order valence-corrected chi connectivity index (χ0v) is 11.7. The first kappa shape index (κ1) is 14.1. The van der Waals surface area contributed by atoms with Crippen LogP contribution in [0.3, 0.4) is 0 Å². The molecule has 1 aliphatic carbocycles. The first-order valence-corrected chi connectivity index (χ1v) is 8.11. The number of hydrogen-bond donors (Lipinski definition) is 2. The van der Waals surface area contributed by atoms with Crippen molar-refractivity contribution in [1.29, 1.82) is 0 Å². The van der Waals surface area contributed by atoms with Crippen molar-refractivity contribution in [2.24, 2.45) is 5.73 Å². The molecule has 19 heavy (non-hydrogen) atoms. The number of para-hydroxylation sites is 2. The molecule has 0 atom stereocenters. The number of anilines is 1. The molecule has 1 fully saturated rings. The summed E-state index contributed by atoms with van der Waals surface area (Å²) in [6, 6.07) is 7.03. The third kappa shape index (κ3) is 3.61. The third-order valence-electron chi connectivity index (χ3n) is 3.26. The molecule has 1 aliphatic rings. The smallest absolute Gasteiger partial charge is 0.235 e. The number of sulfonamides is 1. The molecule has 1 aromatic rings. The maximum absolute atomic E-state index is 12.2. The van der Waals surface area contributed by atoms with E-state index in [0.717, 1.165) is 25.7 Å². The van der Waals surface area contributed by atoms with Crippen molar-refractivity contribution in [2.75, 3.05) is 17.9 Å². The van der Waals surface area contributed by atoms with Crippen LogP contribution in [0.2, 0.25) is 0 Å². The second kappa shape index (κ2) is 6.25. The van der Waals surface area contributed by atoms with Crippen LogP contribution in [0.1, 0.15) is 25.7 Å². The molecule has 0 bridgehead atoms. The van der Waals surface area contributed by atoms with Gasteiger partial charge in [0.25, 0.3) is 0 Å². The van der Waals surface area contributed by atoms with Crippen LogP contribution in [0.4, 0.5) is 5.69 Å². The fourth-order valence-electron chi connectivity index (χ4n) is 2.28. The van der Waals surface area contributed by atoms with Gasteiger partial charge in [-0.2, -0.15) is 0 Å². The Morgan fingerprint density at radius 1 is 1.26 bits per heavy atom. The van der Waals surface area contributed by atoms with Gasteiger partial charge in [-0.25, -0.2) is 8.42 Å². The third-order valence-corrected chi connectivity index (χ3v) is 5.11. The number of hydrogen-bond acceptors (Lipinski definition) is 4. The predicted octanol–water partition coefficient (Wildman–Crippen LogP) is 1.71. The van der Waals surface area contributed by atoms with Crippen LogP contribution in [-0.4, -0.2) is 26.8 Å². The lowest BCUT2D eigenvalue weighted by molar-refractivity contribution is 0.330. The molecule has 1 saturated carbocycles. The normalized spacial score (nSPS) is 16.5. The van der Waals surface area contributed by atoms with Crippen molar-refractivity contribution >= 4 is 15.7 Å². The molecule has 0 aliphatic heterocycles. The van der Waals surface area contributed by atoms with Crippen molar-refractivity contribution in [2.45, 2.75) is 30.9 Å². The number of nitrogens with one attached hydrogen (secondary N) is 1. The highest BCUT2D eigenvalue weighted by atomic mass is 32.2. The quantitative estimate of drug-likeness (QED) is 0.833. The molecular formula is C13H20N2O3S. The molecule has 0 aromatic heterocycles. The largest absolute Gasteiger partial charge is 0.490 e. The summed E-state index contributed by atoms with van der Waals surface area (Å²) in [4.78, 5) is 0. The lowest BCUT2D eigenvalue weighted by Gasteiger charge is -2.16. The van der Waals surface area contributed by atoms with Gasteiger partial charge < -0.3 is 10.5 Å². The molecule has 1 aromatic carbocycles. The maximum Gasteiger partial charge on any atom is 0.235 e. The highest BCUT2D eigenvalue weighted by Gasteiger charge is 2.29. The summed E-state index contributed by atoms with van der Waals surface area (Å²) in [6.07, 6.45) is 3.44. The van der Waals surface area contributed by atoms with Crippen LogP contribution < -0.4 is 15.2 Å². The fraction of sp³-hybridized carbons (Fsp3) is 0.538. The van der Waals surface area contributed by atoms with Crippen LogP contribution in [-0.2, 0) is 10.0 Å². The average molecular weight is 284 g/mol. The van der Waals surface area contributed by atoms with Crippen molar-refractivity contribution in [1.82, 2.24) is 0 Å². The number of nitrogens with two attached hydrogens (primary N) is 1. The van der Waals surface area contributed by atoms with Crippen LogP contribution >= 0.6 is 0 Å². The Morgan fingerprint density at radius 2 is 1.95 bits per heavy atom. The van der Waals surface area contributed by atoms with Gasteiger partial charge in [0.2, 0.25) is 10.0 Å². The summed E-state index contributed by atoms with van der Waals surface area (Å²) in [7, 11) is -3.32. The van der Waals surface area contributed by atoms with E-state index in [1.807, 2.05) is 0 Å². The molecule has 6 heteroatoms. The van der Waals surface area contributed by atoms with E-state index in [-0.39, 0.29) is 5.25 Å². The van der Waals surface area contributed by atoms with Crippen LogP contribution in [0, 0.1) is 0 Å². The monoisotopic (exact) mass is 284 g/mol. The highest BCUT2D eigenvalue weighted by molar-refractivity contribution is 7.93. The summed E-state index contributed by atoms with van der Waals surface area (Å²) in [5, 5.41) is -0.282. The van der Waals surface area contributed by atoms with Crippen molar-refractivity contribution in [3.05, 3.63) is 24.3 Å². The zero-order valence-electron chi connectivity index (χ0n) is 10.8. The van der Waals surface area contributed by atoms with Gasteiger partial charge in [0, 0.05) is 6.54 Å². The number of rotatable bonds is 6. The van der Waals surface area contributed by atoms with Gasteiger partial charge in [-0.1, -0.05) is 25.0 Å². The van der Waals surface area contributed by atoms with Crippen LogP contribution in [0.15, 0.2) is 24.3 Å². The summed E-state index contributed by atoms with van der Waals surface area (Å²) in [5.74, 6) is 0.523. The number of benzene rings is 1. The minimum atomic E-state index is -3.32. The molecule has 5 nitrogen and oxygen atoms in total. The molecule has 2 rings (SSSR count). The standard InChI is InChI=1S/C13H20N2O3S/c14-9-10-18-13-8-4-3-7-12(13)15-19(16,17)11-5-1-2-6-11/h3-4,7-8,11,15H,1-2,5-6,9-10,14H2. The van der Waals surface area contributed by atoms with E-state index < -0.39 is 10.0 Å². The second-order valence-electron chi connectivity index (χ2n) is 4.69. The summed E-state index contributed by atoms with van der Waals surface area (Å²) in [5.41, 5.74) is 5.88. The topological polar surface area (TPSA) is 81.4 Å². The van der Waals surface area contributed by atoms with E-state index >= 15 is 0 Å². The molecule has 106 valence electrons. The Morgan fingerprint density at radius 3 is 2.63 bits per heavy atom. The second-order valence-corrected chi connectivity index (χ2v) is 6.65. The van der Waals surface area contributed by atoms with E-state index in [0.29, 0.717) is 24.6 Å². The van der Waals surface area contributed by atoms with Gasteiger partial charge in [0.1, 0.15) is 12.4 Å². The van der Waals surface area contributed by atoms with Gasteiger partial charge >= 0.3 is 0 Å². The van der Waals surface area contributed by atoms with E-state index in [2.05, 4.69) is 4.72 Å². The van der Waals surface area contributed by atoms with E-state index in [1.165, 1.54) is 0 Å². The minimum Gasteiger partial charge on any atom is -0.490 e. The van der Waals surface area contributed by atoms with E-state index in [9.17, 15) is 8.42 Å². The fourth-order valence-corrected chi connectivity index (χ4v) is 3.88. The Bertz CT molecular complexity index is 510. The molecule has 0 spiro atoms. The number of ether oxygens (including phenoxy) is 1. The van der Waals surface area contributed by atoms with E-state index in [1.54, 1.807) is 24.3 Å². The Balaban J connectivity index is 2.13. The van der Waals surface area contributed by atoms with Crippen LogP contribution in [0.25, 0.3) is 0 Å². The van der Waals surface area contributed by atoms with Crippen LogP contribution in [0.5, 0.6) is 5.75 Å². The Labute approximate surface area is 114 Å². The summed E-state index contributed by atoms with van der Waals surface area (Å²) < 4.78 is 32.6. The van der Waals surface area contributed by atoms with E-state index in [4.69, 9.17) is 10.5 Å². The molecular weight excluding hydrogens is 264 g/mol. The van der Waals surface area contributed by atoms with Gasteiger partial charge in [-0.05, 0) is 25.0 Å². The minimum absolute atomic E-state index is 0.282. The Hall–Kier alpha value is -1.27. The average Bonchev–Trinajstić information content (AvgIpc) is 2.92. The highest BCUT2D eigenvalue weighted by Crippen LogP contribution is 2.29. The lowest BCUT2D eigenvalue weighted by Crippen LogP contribution is -2.25. The first-order chi connectivity index (χ1) is 9.13. The molecule has 0 radical (unpaired) electrons. The zero-order chi connectivity index (χ0) is 13.7. The van der Waals surface area contributed by atoms with Crippen molar-refractivity contribution < 1.29 is 13.2 Å². The Kier molecular flexibility index (Phi) is 4.66. The van der Waals surface area contributed by atoms with Gasteiger partial charge in [-0.3, -0.25) is 4.72 Å². The lowest BCUT2D eigenvalue weighted by atomic mass is 10.3. The van der Waals surface area contributed by atoms with Gasteiger partial charge in [0.15, 0.2) is 0 Å². The molecule has 0 amide bonds. The molecule has 0 unspecified atom stereocenters. The van der Waals surface area contributed by atoms with Crippen molar-refractivity contribution in [3.8, 4) is 5.75 Å². The molecule has 0 heterocycles. The maximum atomic E-state index is 12.2. The van der Waals surface area contributed by atoms with Gasteiger partial charge in [-0.15, -0.1) is 0 Å². The predicted molar refractivity (Wildman–Crippen MR) is 75.8 cm³/mol. The summed E-state index contributed by atoms with van der Waals surface area (Å²) in [6.45, 7) is 0.756.